The number of hydrogen-bond acceptors (Lipinski definition) is 5. The number of benzene rings is 1. The van der Waals surface area contributed by atoms with Gasteiger partial charge in [0.05, 0.1) is 11.9 Å². The van der Waals surface area contributed by atoms with Crippen molar-refractivity contribution in [3.8, 4) is 0 Å². The van der Waals surface area contributed by atoms with Crippen LogP contribution in [-0.4, -0.2) is 55.7 Å². The molecule has 0 radical (unpaired) electrons. The molecule has 5 rings (SSSR count). The summed E-state index contributed by atoms with van der Waals surface area (Å²) in [5.41, 5.74) is 6.17. The average Bonchev–Trinajstić information content (AvgIpc) is 3.50. The first-order valence-corrected chi connectivity index (χ1v) is 12.8. The Morgan fingerprint density at radius 2 is 1.79 bits per heavy atom. The number of amides is 2. The molecule has 0 bridgehead atoms. The van der Waals surface area contributed by atoms with Gasteiger partial charge in [-0.25, -0.2) is 13.8 Å². The van der Waals surface area contributed by atoms with E-state index in [1.807, 2.05) is 7.05 Å². The summed E-state index contributed by atoms with van der Waals surface area (Å²) in [6.45, 7) is 1.59. The molecule has 1 aromatic carbocycles. The Morgan fingerprint density at radius 3 is 2.36 bits per heavy atom. The predicted octanol–water partition coefficient (Wildman–Crippen LogP) is -0.529. The maximum absolute atomic E-state index is 13.4. The van der Waals surface area contributed by atoms with Crippen LogP contribution in [0.5, 0.6) is 0 Å². The van der Waals surface area contributed by atoms with E-state index in [0.29, 0.717) is 18.5 Å². The van der Waals surface area contributed by atoms with Crippen LogP contribution in [0.4, 0.5) is 16.2 Å². The largest absolute Gasteiger partial charge is 1.00 e. The van der Waals surface area contributed by atoms with Crippen LogP contribution < -0.4 is 43.9 Å². The minimum atomic E-state index is -4.12. The fraction of sp³-hybridized carbons (Fsp3) is 0.545. The molecule has 1 aliphatic heterocycles. The summed E-state index contributed by atoms with van der Waals surface area (Å²) in [7, 11) is -2.09. The number of hydrogen-bond donors (Lipinski definition) is 3. The van der Waals surface area contributed by atoms with Crippen LogP contribution in [0.25, 0.3) is 0 Å². The van der Waals surface area contributed by atoms with Gasteiger partial charge in [0.25, 0.3) is 0 Å². The molecule has 0 unspecified atom stereocenters. The topological polar surface area (TPSA) is 110 Å². The summed E-state index contributed by atoms with van der Waals surface area (Å²) in [6, 6.07) is 1.34. The molecular formula is C22H31N6NaO3S. The van der Waals surface area contributed by atoms with E-state index >= 15 is 0 Å². The first kappa shape index (κ1) is 24.5. The van der Waals surface area contributed by atoms with Gasteiger partial charge in [-0.15, -0.1) is 0 Å². The molecule has 1 saturated heterocycles. The van der Waals surface area contributed by atoms with Gasteiger partial charge in [-0.3, -0.25) is 5.10 Å². The van der Waals surface area contributed by atoms with Crippen molar-refractivity contribution in [3.05, 3.63) is 40.7 Å². The van der Waals surface area contributed by atoms with Gasteiger partial charge in [0.1, 0.15) is 0 Å². The smallest absolute Gasteiger partial charge is 1.00 e. The van der Waals surface area contributed by atoms with E-state index in [0.717, 1.165) is 57.3 Å². The van der Waals surface area contributed by atoms with E-state index in [4.69, 9.17) is 0 Å². The normalized spacial score (nSPS) is 18.3. The number of nitrogens with zero attached hydrogens (tertiary/aromatic N) is 3. The summed E-state index contributed by atoms with van der Waals surface area (Å²) in [5.74, 6) is 0. The van der Waals surface area contributed by atoms with Crippen molar-refractivity contribution in [3.63, 3.8) is 0 Å². The number of carbonyl (C=O) groups is 1. The number of fused-ring (bicyclic) bond motifs is 2. The molecule has 9 nitrogen and oxygen atoms in total. The Hall–Kier alpha value is -1.59. The van der Waals surface area contributed by atoms with E-state index in [2.05, 4.69) is 31.2 Å². The quantitative estimate of drug-likeness (QED) is 0.497. The van der Waals surface area contributed by atoms with E-state index < -0.39 is 16.2 Å². The maximum Gasteiger partial charge on any atom is 1.00 e. The van der Waals surface area contributed by atoms with E-state index in [1.54, 1.807) is 6.20 Å². The molecule has 0 saturated carbocycles. The number of urea groups is 1. The van der Waals surface area contributed by atoms with Gasteiger partial charge in [-0.2, -0.15) is 13.5 Å². The summed E-state index contributed by atoms with van der Waals surface area (Å²) in [5, 5.41) is 9.53. The number of rotatable bonds is 5. The second-order valence-corrected chi connectivity index (χ2v) is 10.6. The number of carbonyl (C=O) groups excluding carboxylic acids is 1. The van der Waals surface area contributed by atoms with Crippen molar-refractivity contribution in [1.82, 2.24) is 19.8 Å². The van der Waals surface area contributed by atoms with Crippen LogP contribution in [0.15, 0.2) is 18.5 Å². The maximum atomic E-state index is 13.4. The zero-order valence-corrected chi connectivity index (χ0v) is 22.2. The number of aromatic amines is 1. The third kappa shape index (κ3) is 4.95. The number of likely N-dealkylation sites (tertiary alicyclic amines) is 1. The van der Waals surface area contributed by atoms with Crippen LogP contribution in [-0.2, 0) is 35.9 Å². The Labute approximate surface area is 218 Å². The van der Waals surface area contributed by atoms with Crippen molar-refractivity contribution in [2.75, 3.05) is 29.8 Å². The Kier molecular flexibility index (Phi) is 7.40. The first-order valence-electron chi connectivity index (χ1n) is 11.4. The second-order valence-electron chi connectivity index (χ2n) is 9.08. The van der Waals surface area contributed by atoms with Crippen molar-refractivity contribution < 1.29 is 44.2 Å². The fourth-order valence-corrected chi connectivity index (χ4v) is 6.78. The van der Waals surface area contributed by atoms with Crippen LogP contribution in [0.1, 0.15) is 49.4 Å². The number of H-pyrrole nitrogens is 1. The molecule has 11 heteroatoms. The second kappa shape index (κ2) is 9.95. The minimum Gasteiger partial charge on any atom is -1.00 e. The molecule has 2 amide bonds. The van der Waals surface area contributed by atoms with E-state index in [9.17, 15) is 13.2 Å². The number of piperidine rings is 1. The minimum absolute atomic E-state index is 0. The van der Waals surface area contributed by atoms with Gasteiger partial charge in [-0.1, -0.05) is 6.07 Å². The van der Waals surface area contributed by atoms with E-state index in [-0.39, 0.29) is 37.0 Å². The third-order valence-electron chi connectivity index (χ3n) is 6.95. The van der Waals surface area contributed by atoms with Gasteiger partial charge in [-0.05, 0) is 93.8 Å². The molecule has 2 heterocycles. The summed E-state index contributed by atoms with van der Waals surface area (Å²) >= 11 is 0. The van der Waals surface area contributed by atoms with Gasteiger partial charge in [0, 0.05) is 17.9 Å². The molecule has 3 N–H and O–H groups in total. The molecule has 3 aliphatic rings. The Morgan fingerprint density at radius 1 is 1.15 bits per heavy atom. The molecule has 0 spiro atoms. The van der Waals surface area contributed by atoms with Crippen molar-refractivity contribution in [2.45, 2.75) is 57.4 Å². The zero-order chi connectivity index (χ0) is 22.3. The van der Waals surface area contributed by atoms with Crippen LogP contribution in [0.3, 0.4) is 0 Å². The Balaban J connectivity index is 0.00000162. The summed E-state index contributed by atoms with van der Waals surface area (Å²) in [4.78, 5) is 15.2. The fourth-order valence-electron chi connectivity index (χ4n) is 5.41. The standard InChI is InChI=1S/C22H30N6O3S.Na.H/c1-27-10-8-17(9-11-27)28(18-13-23-24-14-18)32(30,31)26-22(29)25-21-19-6-2-4-15(19)12-16-5-3-7-20(16)21;;/h12-14,17H,2-11H2,1H3,(H,23,24)(H2,25,26,29);;/q;+1;-1. The Bertz CT molecular complexity index is 1090. The summed E-state index contributed by atoms with van der Waals surface area (Å²) < 4.78 is 30.3. The molecule has 2 aromatic rings. The van der Waals surface area contributed by atoms with Crippen LogP contribution in [0, 0.1) is 0 Å². The van der Waals surface area contributed by atoms with Crippen LogP contribution in [0.2, 0.25) is 0 Å². The molecule has 174 valence electrons. The van der Waals surface area contributed by atoms with Gasteiger partial charge < -0.3 is 11.6 Å². The molecule has 1 fully saturated rings. The number of nitrogens with one attached hydrogen (secondary N) is 3. The number of aryl methyl sites for hydroxylation is 2. The van der Waals surface area contributed by atoms with Crippen molar-refractivity contribution >= 4 is 27.6 Å². The summed E-state index contributed by atoms with van der Waals surface area (Å²) in [6.07, 6.45) is 10.4. The van der Waals surface area contributed by atoms with Crippen LogP contribution >= 0.6 is 0 Å². The molecule has 0 atom stereocenters. The van der Waals surface area contributed by atoms with Gasteiger partial charge >= 0.3 is 45.8 Å². The van der Waals surface area contributed by atoms with Crippen molar-refractivity contribution in [1.29, 1.82) is 0 Å². The molecule has 33 heavy (non-hydrogen) atoms. The monoisotopic (exact) mass is 482 g/mol. The predicted molar refractivity (Wildman–Crippen MR) is 124 cm³/mol. The van der Waals surface area contributed by atoms with Crippen molar-refractivity contribution in [2.24, 2.45) is 0 Å². The molecular weight excluding hydrogens is 451 g/mol. The number of anilines is 2. The molecule has 2 aliphatic carbocycles. The van der Waals surface area contributed by atoms with E-state index in [1.165, 1.54) is 32.8 Å². The first-order chi connectivity index (χ1) is 15.4. The van der Waals surface area contributed by atoms with Gasteiger partial charge in [0.2, 0.25) is 0 Å². The zero-order valence-electron chi connectivity index (χ0n) is 20.4. The average molecular weight is 483 g/mol. The molecule has 1 aromatic heterocycles. The third-order valence-corrected chi connectivity index (χ3v) is 8.42. The number of aromatic nitrogens is 2. The van der Waals surface area contributed by atoms with Gasteiger partial charge in [0.15, 0.2) is 0 Å². The SMILES string of the molecule is CN1CCC(N(c2cn[nH]c2)S(=O)(=O)NC(=O)Nc2c3c(cc4c2CCC4)CCC3)CC1.[H-].[Na+].